The molecule has 1 aliphatic rings. The summed E-state index contributed by atoms with van der Waals surface area (Å²) in [4.78, 5) is 0. The molecular weight excluding hydrogens is 304 g/mol. The van der Waals surface area contributed by atoms with Gasteiger partial charge >= 0.3 is 0 Å². The third-order valence-electron chi connectivity index (χ3n) is 3.37. The number of hydrogen-bond donors (Lipinski definition) is 3. The van der Waals surface area contributed by atoms with E-state index in [0.717, 1.165) is 31.4 Å². The number of nitrogen functional groups attached to an aromatic ring is 1. The number of nitriles is 1. The van der Waals surface area contributed by atoms with Gasteiger partial charge in [0, 0.05) is 17.8 Å². The molecule has 0 fully saturated rings. The molecule has 6 nitrogen and oxygen atoms in total. The summed E-state index contributed by atoms with van der Waals surface area (Å²) in [5, 5.41) is 8.82. The van der Waals surface area contributed by atoms with Crippen molar-refractivity contribution in [3.63, 3.8) is 0 Å². The van der Waals surface area contributed by atoms with Crippen molar-refractivity contribution in [1.82, 2.24) is 5.43 Å². The molecular formula is C18H26N4O2. The van der Waals surface area contributed by atoms with Crippen molar-refractivity contribution in [2.24, 2.45) is 5.84 Å². The summed E-state index contributed by atoms with van der Waals surface area (Å²) in [6.45, 7) is 2.71. The van der Waals surface area contributed by atoms with Gasteiger partial charge in [0.2, 0.25) is 0 Å². The summed E-state index contributed by atoms with van der Waals surface area (Å²) < 4.78 is 10.7. The van der Waals surface area contributed by atoms with Gasteiger partial charge in [0.25, 0.3) is 0 Å². The molecule has 0 saturated heterocycles. The van der Waals surface area contributed by atoms with E-state index in [1.165, 1.54) is 0 Å². The van der Waals surface area contributed by atoms with Crippen LogP contribution in [0.25, 0.3) is 0 Å². The topological polar surface area (TPSA) is 106 Å². The molecule has 0 saturated carbocycles. The van der Waals surface area contributed by atoms with Crippen LogP contribution in [0.1, 0.15) is 38.2 Å². The molecule has 0 amide bonds. The van der Waals surface area contributed by atoms with Gasteiger partial charge in [-0.25, -0.2) is 0 Å². The number of allylic oxidation sites excluding steroid dienone is 3. The van der Waals surface area contributed by atoms with E-state index in [2.05, 4.69) is 24.5 Å². The highest BCUT2D eigenvalue weighted by Gasteiger charge is 2.09. The Balaban J connectivity index is 0.000000300. The van der Waals surface area contributed by atoms with Gasteiger partial charge in [-0.2, -0.15) is 5.26 Å². The van der Waals surface area contributed by atoms with Gasteiger partial charge in [-0.15, -0.1) is 0 Å². The largest absolute Gasteiger partial charge is 0.493 e. The summed E-state index contributed by atoms with van der Waals surface area (Å²) >= 11 is 0. The molecule has 0 aliphatic heterocycles. The lowest BCUT2D eigenvalue weighted by atomic mass is 10.2. The highest BCUT2D eigenvalue weighted by molar-refractivity contribution is 5.62. The predicted octanol–water partition coefficient (Wildman–Crippen LogP) is 3.01. The van der Waals surface area contributed by atoms with Crippen molar-refractivity contribution in [1.29, 1.82) is 5.26 Å². The summed E-state index contributed by atoms with van der Waals surface area (Å²) in [5.74, 6) is 6.27. The minimum Gasteiger partial charge on any atom is -0.493 e. The third kappa shape index (κ3) is 6.23. The summed E-state index contributed by atoms with van der Waals surface area (Å²) in [7, 11) is 1.54. The second-order valence-electron chi connectivity index (χ2n) is 5.19. The number of methoxy groups -OCH3 is 1. The number of nitrogens with two attached hydrogens (primary N) is 2. The molecule has 0 heterocycles. The normalized spacial score (nSPS) is 12.3. The minimum absolute atomic E-state index is 0.402. The van der Waals surface area contributed by atoms with Gasteiger partial charge in [0.05, 0.1) is 25.0 Å². The van der Waals surface area contributed by atoms with Crippen molar-refractivity contribution >= 4 is 5.69 Å². The van der Waals surface area contributed by atoms with E-state index in [1.807, 2.05) is 12.1 Å². The average molecular weight is 330 g/mol. The second-order valence-corrected chi connectivity index (χ2v) is 5.19. The lowest BCUT2D eigenvalue weighted by Crippen LogP contribution is -2.20. The Labute approximate surface area is 143 Å². The Morgan fingerprint density at radius 3 is 2.58 bits per heavy atom. The predicted molar refractivity (Wildman–Crippen MR) is 96.3 cm³/mol. The number of rotatable bonds is 6. The van der Waals surface area contributed by atoms with Crippen LogP contribution in [0, 0.1) is 11.3 Å². The molecule has 2 rings (SSSR count). The van der Waals surface area contributed by atoms with E-state index < -0.39 is 0 Å². The van der Waals surface area contributed by atoms with Gasteiger partial charge in [-0.05, 0) is 25.3 Å². The van der Waals surface area contributed by atoms with Crippen LogP contribution in [0.4, 0.5) is 5.69 Å². The molecule has 0 spiro atoms. The molecule has 1 aliphatic carbocycles. The van der Waals surface area contributed by atoms with Crippen LogP contribution >= 0.6 is 0 Å². The number of anilines is 1. The first-order valence-electron chi connectivity index (χ1n) is 8.00. The number of benzene rings is 1. The zero-order chi connectivity index (χ0) is 17.8. The second kappa shape index (κ2) is 11.0. The zero-order valence-corrected chi connectivity index (χ0v) is 14.3. The Hall–Kier alpha value is -2.65. The van der Waals surface area contributed by atoms with E-state index in [0.29, 0.717) is 29.4 Å². The van der Waals surface area contributed by atoms with E-state index >= 15 is 0 Å². The van der Waals surface area contributed by atoms with Crippen molar-refractivity contribution in [3.8, 4) is 17.6 Å². The Bertz CT molecular complexity index is 618. The number of nitrogens with one attached hydrogen (secondary N) is 1. The molecule has 0 bridgehead atoms. The maximum Gasteiger partial charge on any atom is 0.163 e. The van der Waals surface area contributed by atoms with Crippen LogP contribution in [0.2, 0.25) is 0 Å². The first-order valence-corrected chi connectivity index (χ1v) is 8.00. The SMILES string of the molecule is CCCCOc1cc(N)c(C#N)cc1OC.NNC1=CCCC=C1. The molecule has 130 valence electrons. The van der Waals surface area contributed by atoms with Crippen LogP contribution in [0.5, 0.6) is 11.5 Å². The zero-order valence-electron chi connectivity index (χ0n) is 14.3. The van der Waals surface area contributed by atoms with Gasteiger partial charge in [-0.3, -0.25) is 5.84 Å². The molecule has 1 aromatic carbocycles. The Morgan fingerprint density at radius 2 is 2.08 bits per heavy atom. The smallest absolute Gasteiger partial charge is 0.163 e. The maximum absolute atomic E-state index is 8.82. The van der Waals surface area contributed by atoms with Crippen LogP contribution in [0.15, 0.2) is 36.1 Å². The fraction of sp³-hybridized carbons (Fsp3) is 0.389. The monoisotopic (exact) mass is 330 g/mol. The van der Waals surface area contributed by atoms with E-state index in [9.17, 15) is 0 Å². The van der Waals surface area contributed by atoms with Gasteiger partial charge in [0.1, 0.15) is 6.07 Å². The fourth-order valence-corrected chi connectivity index (χ4v) is 1.99. The first-order chi connectivity index (χ1) is 11.7. The fourth-order valence-electron chi connectivity index (χ4n) is 1.99. The van der Waals surface area contributed by atoms with Crippen molar-refractivity contribution in [2.75, 3.05) is 19.5 Å². The first kappa shape index (κ1) is 19.4. The Kier molecular flexibility index (Phi) is 8.87. The van der Waals surface area contributed by atoms with E-state index in [-0.39, 0.29) is 0 Å². The third-order valence-corrected chi connectivity index (χ3v) is 3.37. The molecule has 5 N–H and O–H groups in total. The van der Waals surface area contributed by atoms with E-state index in [1.54, 1.807) is 19.2 Å². The standard InChI is InChI=1S/C12H16N2O2.C6H10N2/c1-3-4-5-16-12-7-10(14)9(8-13)6-11(12)15-2;7-8-6-4-2-1-3-5-6/h6-7H,3-5,14H2,1-2H3;2,4-5,8H,1,3,7H2. The number of hydrogen-bond acceptors (Lipinski definition) is 6. The molecule has 6 heteroatoms. The number of ether oxygens (including phenoxy) is 2. The highest BCUT2D eigenvalue weighted by atomic mass is 16.5. The van der Waals surface area contributed by atoms with Gasteiger partial charge < -0.3 is 20.6 Å². The quantitative estimate of drug-likeness (QED) is 0.320. The summed E-state index contributed by atoms with van der Waals surface area (Å²) in [6, 6.07) is 5.23. The number of nitrogens with zero attached hydrogens (tertiary/aromatic N) is 1. The number of hydrazine groups is 1. The maximum atomic E-state index is 8.82. The average Bonchev–Trinajstić information content (AvgIpc) is 2.63. The highest BCUT2D eigenvalue weighted by Crippen LogP contribution is 2.31. The van der Waals surface area contributed by atoms with Crippen LogP contribution < -0.4 is 26.5 Å². The molecule has 24 heavy (non-hydrogen) atoms. The molecule has 0 radical (unpaired) electrons. The molecule has 0 unspecified atom stereocenters. The van der Waals surface area contributed by atoms with Crippen LogP contribution in [-0.2, 0) is 0 Å². The van der Waals surface area contributed by atoms with Crippen molar-refractivity contribution < 1.29 is 9.47 Å². The van der Waals surface area contributed by atoms with Crippen molar-refractivity contribution in [2.45, 2.75) is 32.6 Å². The number of unbranched alkanes of at least 4 members (excludes halogenated alkanes) is 1. The van der Waals surface area contributed by atoms with Gasteiger partial charge in [-0.1, -0.05) is 25.5 Å². The molecule has 0 aromatic heterocycles. The summed E-state index contributed by atoms with van der Waals surface area (Å²) in [5.41, 5.74) is 10.1. The summed E-state index contributed by atoms with van der Waals surface area (Å²) in [6.07, 6.45) is 10.5. The van der Waals surface area contributed by atoms with E-state index in [4.69, 9.17) is 26.3 Å². The van der Waals surface area contributed by atoms with Crippen molar-refractivity contribution in [3.05, 3.63) is 41.6 Å². The molecule has 1 aromatic rings. The van der Waals surface area contributed by atoms with Crippen LogP contribution in [0.3, 0.4) is 0 Å². The lowest BCUT2D eigenvalue weighted by Gasteiger charge is -2.11. The van der Waals surface area contributed by atoms with Gasteiger partial charge in [0.15, 0.2) is 11.5 Å². The lowest BCUT2D eigenvalue weighted by molar-refractivity contribution is 0.288. The molecule has 0 atom stereocenters. The van der Waals surface area contributed by atoms with Crippen LogP contribution in [-0.4, -0.2) is 13.7 Å². The Morgan fingerprint density at radius 1 is 1.29 bits per heavy atom. The minimum atomic E-state index is 0.402.